The first-order valence-corrected chi connectivity index (χ1v) is 8.77. The molecule has 0 saturated carbocycles. The van der Waals surface area contributed by atoms with Gasteiger partial charge in [-0.3, -0.25) is 9.59 Å². The van der Waals surface area contributed by atoms with Crippen molar-refractivity contribution in [2.75, 3.05) is 17.2 Å². The first kappa shape index (κ1) is 20.0. The minimum atomic E-state index is -0.386. The molecule has 7 heteroatoms. The van der Waals surface area contributed by atoms with Crippen LogP contribution in [0.4, 0.5) is 16.2 Å². The molecule has 0 spiro atoms. The Kier molecular flexibility index (Phi) is 6.93. The van der Waals surface area contributed by atoms with E-state index in [1.165, 1.54) is 0 Å². The third kappa shape index (κ3) is 5.85. The number of carbonyl (C=O) groups is 3. The molecule has 0 fully saturated rings. The van der Waals surface area contributed by atoms with E-state index in [0.29, 0.717) is 29.0 Å². The van der Waals surface area contributed by atoms with Crippen LogP contribution >= 0.6 is 0 Å². The number of urea groups is 1. The van der Waals surface area contributed by atoms with Gasteiger partial charge < -0.3 is 21.3 Å². The molecule has 2 aromatic rings. The van der Waals surface area contributed by atoms with Crippen molar-refractivity contribution in [1.82, 2.24) is 10.6 Å². The predicted octanol–water partition coefficient (Wildman–Crippen LogP) is 3.22. The van der Waals surface area contributed by atoms with Crippen molar-refractivity contribution in [3.63, 3.8) is 0 Å². The van der Waals surface area contributed by atoms with E-state index in [4.69, 9.17) is 0 Å². The Morgan fingerprint density at radius 1 is 0.926 bits per heavy atom. The molecule has 0 saturated heterocycles. The molecule has 2 aromatic carbocycles. The highest BCUT2D eigenvalue weighted by Gasteiger charge is 2.14. The number of anilines is 2. The molecule has 4 amide bonds. The lowest BCUT2D eigenvalue weighted by molar-refractivity contribution is 0.0954. The van der Waals surface area contributed by atoms with E-state index in [9.17, 15) is 14.4 Å². The Hall–Kier alpha value is -3.35. The van der Waals surface area contributed by atoms with Crippen LogP contribution in [-0.2, 0) is 0 Å². The second-order valence-corrected chi connectivity index (χ2v) is 6.19. The van der Waals surface area contributed by atoms with Crippen molar-refractivity contribution in [3.05, 3.63) is 59.7 Å². The summed E-state index contributed by atoms with van der Waals surface area (Å²) < 4.78 is 0. The third-order valence-corrected chi connectivity index (χ3v) is 3.56. The average molecular weight is 368 g/mol. The summed E-state index contributed by atoms with van der Waals surface area (Å²) in [4.78, 5) is 36.5. The molecule has 0 radical (unpaired) electrons. The standard InChI is InChI=1S/C20H24N4O3/c1-4-21-18(25)14-8-7-9-15(12-14)23-19(26)16-10-5-6-11-17(16)24-20(27)22-13(2)3/h5-13H,4H2,1-3H3,(H,21,25)(H,23,26)(H2,22,24,27). The van der Waals surface area contributed by atoms with Crippen molar-refractivity contribution in [2.45, 2.75) is 26.8 Å². The lowest BCUT2D eigenvalue weighted by atomic mass is 10.1. The number of amides is 4. The predicted molar refractivity (Wildman–Crippen MR) is 106 cm³/mol. The van der Waals surface area contributed by atoms with Crippen LogP contribution in [0.15, 0.2) is 48.5 Å². The second kappa shape index (κ2) is 9.38. The molecule has 0 aliphatic carbocycles. The molecule has 0 aliphatic rings. The smallest absolute Gasteiger partial charge is 0.319 e. The van der Waals surface area contributed by atoms with Gasteiger partial charge in [-0.25, -0.2) is 4.79 Å². The maximum atomic E-state index is 12.7. The van der Waals surface area contributed by atoms with Crippen LogP contribution in [0, 0.1) is 0 Å². The van der Waals surface area contributed by atoms with E-state index < -0.39 is 0 Å². The van der Waals surface area contributed by atoms with E-state index in [2.05, 4.69) is 21.3 Å². The maximum absolute atomic E-state index is 12.7. The lowest BCUT2D eigenvalue weighted by Crippen LogP contribution is -2.34. The summed E-state index contributed by atoms with van der Waals surface area (Å²) >= 11 is 0. The highest BCUT2D eigenvalue weighted by atomic mass is 16.2. The Balaban J connectivity index is 2.16. The number of hydrogen-bond acceptors (Lipinski definition) is 3. The molecule has 0 unspecified atom stereocenters. The summed E-state index contributed by atoms with van der Waals surface area (Å²) in [5.41, 5.74) is 1.66. The maximum Gasteiger partial charge on any atom is 0.319 e. The Bertz CT molecular complexity index is 833. The van der Waals surface area contributed by atoms with Crippen molar-refractivity contribution >= 4 is 29.2 Å². The van der Waals surface area contributed by atoms with Crippen LogP contribution in [-0.4, -0.2) is 30.4 Å². The minimum Gasteiger partial charge on any atom is -0.352 e. The van der Waals surface area contributed by atoms with Crippen molar-refractivity contribution in [3.8, 4) is 0 Å². The van der Waals surface area contributed by atoms with Crippen molar-refractivity contribution in [2.24, 2.45) is 0 Å². The molecule has 4 N–H and O–H groups in total. The van der Waals surface area contributed by atoms with E-state index in [1.54, 1.807) is 48.5 Å². The van der Waals surface area contributed by atoms with Crippen LogP contribution in [0.3, 0.4) is 0 Å². The van der Waals surface area contributed by atoms with Gasteiger partial charge in [-0.05, 0) is 51.1 Å². The van der Waals surface area contributed by atoms with Crippen LogP contribution in [0.25, 0.3) is 0 Å². The summed E-state index contributed by atoms with van der Waals surface area (Å²) in [6.45, 7) is 6.05. The Morgan fingerprint density at radius 3 is 2.37 bits per heavy atom. The molecular weight excluding hydrogens is 344 g/mol. The summed E-state index contributed by atoms with van der Waals surface area (Å²) in [5, 5.41) is 10.9. The van der Waals surface area contributed by atoms with Crippen LogP contribution < -0.4 is 21.3 Å². The molecule has 0 heterocycles. The molecule has 142 valence electrons. The van der Waals surface area contributed by atoms with Gasteiger partial charge >= 0.3 is 6.03 Å². The Labute approximate surface area is 158 Å². The zero-order valence-electron chi connectivity index (χ0n) is 15.6. The summed E-state index contributed by atoms with van der Waals surface area (Å²) in [5.74, 6) is -0.593. The zero-order chi connectivity index (χ0) is 19.8. The van der Waals surface area contributed by atoms with E-state index in [1.807, 2.05) is 20.8 Å². The van der Waals surface area contributed by atoms with Gasteiger partial charge in [0, 0.05) is 23.8 Å². The fourth-order valence-electron chi connectivity index (χ4n) is 2.41. The molecule has 0 aliphatic heterocycles. The van der Waals surface area contributed by atoms with Gasteiger partial charge in [-0.2, -0.15) is 0 Å². The van der Waals surface area contributed by atoms with E-state index in [0.717, 1.165) is 0 Å². The molecule has 0 bridgehead atoms. The third-order valence-electron chi connectivity index (χ3n) is 3.56. The summed E-state index contributed by atoms with van der Waals surface area (Å²) in [6.07, 6.45) is 0. The number of benzene rings is 2. The van der Waals surface area contributed by atoms with E-state index >= 15 is 0 Å². The van der Waals surface area contributed by atoms with Crippen molar-refractivity contribution in [1.29, 1.82) is 0 Å². The normalized spacial score (nSPS) is 10.2. The van der Waals surface area contributed by atoms with Gasteiger partial charge in [0.15, 0.2) is 0 Å². The molecule has 0 atom stereocenters. The molecule has 0 aromatic heterocycles. The SMILES string of the molecule is CCNC(=O)c1cccc(NC(=O)c2ccccc2NC(=O)NC(C)C)c1. The fourth-order valence-corrected chi connectivity index (χ4v) is 2.41. The van der Waals surface area contributed by atoms with Gasteiger partial charge in [0.25, 0.3) is 11.8 Å². The van der Waals surface area contributed by atoms with Gasteiger partial charge in [0.2, 0.25) is 0 Å². The number of hydrogen-bond donors (Lipinski definition) is 4. The first-order valence-electron chi connectivity index (χ1n) is 8.77. The highest BCUT2D eigenvalue weighted by Crippen LogP contribution is 2.18. The van der Waals surface area contributed by atoms with Crippen LogP contribution in [0.5, 0.6) is 0 Å². The minimum absolute atomic E-state index is 0.0250. The highest BCUT2D eigenvalue weighted by molar-refractivity contribution is 6.10. The number of rotatable bonds is 6. The van der Waals surface area contributed by atoms with Gasteiger partial charge in [-0.15, -0.1) is 0 Å². The molecule has 7 nitrogen and oxygen atoms in total. The van der Waals surface area contributed by atoms with E-state index in [-0.39, 0.29) is 23.9 Å². The van der Waals surface area contributed by atoms with Crippen LogP contribution in [0.2, 0.25) is 0 Å². The summed E-state index contributed by atoms with van der Waals surface area (Å²) in [7, 11) is 0. The molecule has 27 heavy (non-hydrogen) atoms. The quantitative estimate of drug-likeness (QED) is 0.630. The van der Waals surface area contributed by atoms with Crippen molar-refractivity contribution < 1.29 is 14.4 Å². The lowest BCUT2D eigenvalue weighted by Gasteiger charge is -2.14. The average Bonchev–Trinajstić information content (AvgIpc) is 2.61. The Morgan fingerprint density at radius 2 is 1.67 bits per heavy atom. The topological polar surface area (TPSA) is 99.3 Å². The summed E-state index contributed by atoms with van der Waals surface area (Å²) in [6, 6.07) is 13.0. The molecule has 2 rings (SSSR count). The van der Waals surface area contributed by atoms with Gasteiger partial charge in [0.1, 0.15) is 0 Å². The van der Waals surface area contributed by atoms with Crippen LogP contribution in [0.1, 0.15) is 41.5 Å². The number of carbonyl (C=O) groups excluding carboxylic acids is 3. The second-order valence-electron chi connectivity index (χ2n) is 6.19. The zero-order valence-corrected chi connectivity index (χ0v) is 15.6. The first-order chi connectivity index (χ1) is 12.9. The largest absolute Gasteiger partial charge is 0.352 e. The van der Waals surface area contributed by atoms with Gasteiger partial charge in [-0.1, -0.05) is 18.2 Å². The fraction of sp³-hybridized carbons (Fsp3) is 0.250. The van der Waals surface area contributed by atoms with Gasteiger partial charge in [0.05, 0.1) is 11.3 Å². The monoisotopic (exact) mass is 368 g/mol. The number of nitrogens with one attached hydrogen (secondary N) is 4. The number of para-hydroxylation sites is 1. The molecular formula is C20H24N4O3.